The van der Waals surface area contributed by atoms with E-state index in [4.69, 9.17) is 18.2 Å². The third kappa shape index (κ3) is 4.52. The smallest absolute Gasteiger partial charge is 0.159 e. The van der Waals surface area contributed by atoms with E-state index in [1.165, 1.54) is 16.3 Å². The van der Waals surface area contributed by atoms with Crippen LogP contribution in [-0.2, 0) is 12.8 Å². The Morgan fingerprint density at radius 3 is 2.07 bits per heavy atom. The van der Waals surface area contributed by atoms with Crippen LogP contribution < -0.4 is 0 Å². The van der Waals surface area contributed by atoms with Gasteiger partial charge in [0.15, 0.2) is 11.2 Å². The van der Waals surface area contributed by atoms with Gasteiger partial charge in [-0.3, -0.25) is 4.98 Å². The molecule has 0 unspecified atom stereocenters. The molecule has 262 valence electrons. The van der Waals surface area contributed by atoms with Gasteiger partial charge in [0.1, 0.15) is 27.8 Å². The first-order chi connectivity index (χ1) is 27.7. The van der Waals surface area contributed by atoms with Crippen LogP contribution >= 0.6 is 0 Å². The Bertz CT molecular complexity index is 3630. The van der Waals surface area contributed by atoms with Gasteiger partial charge in [0.2, 0.25) is 0 Å². The Labute approximate surface area is 319 Å². The van der Waals surface area contributed by atoms with Gasteiger partial charge in [0.25, 0.3) is 0 Å². The quantitative estimate of drug-likeness (QED) is 0.177. The summed E-state index contributed by atoms with van der Waals surface area (Å²) in [5.74, 6) is 0. The molecule has 5 heterocycles. The molecule has 0 bridgehead atoms. The first kappa shape index (κ1) is 30.8. The summed E-state index contributed by atoms with van der Waals surface area (Å²) in [7, 11) is 0. The lowest BCUT2D eigenvalue weighted by atomic mass is 10.00. The lowest BCUT2D eigenvalue weighted by molar-refractivity contribution is 0.661. The van der Waals surface area contributed by atoms with E-state index in [0.29, 0.717) is 5.56 Å². The van der Waals surface area contributed by atoms with Crippen molar-refractivity contribution < 1.29 is 13.3 Å². The molecule has 6 heteroatoms. The van der Waals surface area contributed by atoms with Gasteiger partial charge < -0.3 is 17.8 Å². The normalized spacial score (nSPS) is 12.1. The first-order valence-corrected chi connectivity index (χ1v) is 18.8. The van der Waals surface area contributed by atoms with Crippen LogP contribution in [0.2, 0.25) is 0 Å². The average molecular weight is 720 g/mol. The van der Waals surface area contributed by atoms with E-state index in [1.54, 1.807) is 6.07 Å². The van der Waals surface area contributed by atoms with Crippen molar-refractivity contribution in [2.75, 3.05) is 0 Å². The molecule has 0 fully saturated rings. The first-order valence-electron chi connectivity index (χ1n) is 18.8. The van der Waals surface area contributed by atoms with Crippen LogP contribution in [0, 0.1) is 11.3 Å². The van der Waals surface area contributed by atoms with Crippen LogP contribution in [-0.4, -0.2) is 9.55 Å². The molecule has 0 radical (unpaired) electrons. The summed E-state index contributed by atoms with van der Waals surface area (Å²) in [6.07, 6.45) is 3.55. The number of hydrogen-bond donors (Lipinski definition) is 0. The maximum atomic E-state index is 9.47. The fraction of sp³-hybridized carbons (Fsp3) is 0.0400. The Balaban J connectivity index is 0.900. The molecule has 12 aromatic rings. The molecule has 0 aliphatic carbocycles. The SMILES string of the molecule is N#Cc1ccc2oc3ccc(-c4ccc5oc6c(CCc7ccc8c(c7)c7ccccc7n8-c7cccc8c7oc7ccccc78)ccnc6c5c4)cc3c2c1. The van der Waals surface area contributed by atoms with Gasteiger partial charge in [-0.2, -0.15) is 5.26 Å². The molecule has 0 atom stereocenters. The van der Waals surface area contributed by atoms with E-state index in [2.05, 4.69) is 114 Å². The number of aryl methyl sites for hydroxylation is 2. The molecule has 7 aromatic carbocycles. The largest absolute Gasteiger partial charge is 0.456 e. The van der Waals surface area contributed by atoms with E-state index in [-0.39, 0.29) is 0 Å². The van der Waals surface area contributed by atoms with Crippen LogP contribution in [0.1, 0.15) is 16.7 Å². The van der Waals surface area contributed by atoms with Crippen LogP contribution in [0.5, 0.6) is 0 Å². The highest BCUT2D eigenvalue weighted by Gasteiger charge is 2.19. The molecular weight excluding hydrogens is 691 g/mol. The molecule has 12 rings (SSSR count). The minimum Gasteiger partial charge on any atom is -0.456 e. The summed E-state index contributed by atoms with van der Waals surface area (Å²) >= 11 is 0. The number of furan rings is 3. The highest BCUT2D eigenvalue weighted by atomic mass is 16.3. The van der Waals surface area contributed by atoms with Crippen LogP contribution in [0.3, 0.4) is 0 Å². The highest BCUT2D eigenvalue weighted by Crippen LogP contribution is 2.40. The van der Waals surface area contributed by atoms with Gasteiger partial charge in [-0.1, -0.05) is 66.7 Å². The van der Waals surface area contributed by atoms with Crippen molar-refractivity contribution in [3.63, 3.8) is 0 Å². The van der Waals surface area contributed by atoms with E-state index in [1.807, 2.05) is 42.6 Å². The topological polar surface area (TPSA) is 81.0 Å². The summed E-state index contributed by atoms with van der Waals surface area (Å²) in [5, 5.41) is 17.0. The van der Waals surface area contributed by atoms with Crippen molar-refractivity contribution in [3.8, 4) is 22.9 Å². The predicted molar refractivity (Wildman–Crippen MR) is 224 cm³/mol. The molecule has 0 amide bonds. The zero-order valence-corrected chi connectivity index (χ0v) is 29.9. The Morgan fingerprint density at radius 2 is 1.20 bits per heavy atom. The highest BCUT2D eigenvalue weighted by molar-refractivity contribution is 6.13. The van der Waals surface area contributed by atoms with Crippen LogP contribution in [0.15, 0.2) is 165 Å². The number of para-hydroxylation sites is 3. The molecule has 0 saturated carbocycles. The van der Waals surface area contributed by atoms with Gasteiger partial charge in [0, 0.05) is 43.9 Å². The molecule has 0 aliphatic heterocycles. The number of hydrogen-bond acceptors (Lipinski definition) is 5. The van der Waals surface area contributed by atoms with Crippen LogP contribution in [0.25, 0.3) is 105 Å². The third-order valence-corrected chi connectivity index (χ3v) is 11.4. The summed E-state index contributed by atoms with van der Waals surface area (Å²) in [6, 6.07) is 52.5. The van der Waals surface area contributed by atoms with E-state index < -0.39 is 0 Å². The maximum Gasteiger partial charge on any atom is 0.159 e. The molecule has 6 nitrogen and oxygen atoms in total. The van der Waals surface area contributed by atoms with Crippen molar-refractivity contribution in [1.29, 1.82) is 5.26 Å². The second-order valence-electron chi connectivity index (χ2n) is 14.6. The number of pyridine rings is 1. The van der Waals surface area contributed by atoms with Gasteiger partial charge >= 0.3 is 0 Å². The summed E-state index contributed by atoms with van der Waals surface area (Å²) < 4.78 is 21.4. The number of fused-ring (bicyclic) bond motifs is 12. The van der Waals surface area contributed by atoms with Crippen molar-refractivity contribution in [2.45, 2.75) is 12.8 Å². The molecule has 0 N–H and O–H groups in total. The fourth-order valence-corrected chi connectivity index (χ4v) is 8.73. The lowest BCUT2D eigenvalue weighted by Crippen LogP contribution is -1.95. The average Bonchev–Trinajstić information content (AvgIpc) is 4.01. The van der Waals surface area contributed by atoms with Crippen molar-refractivity contribution >= 4 is 87.8 Å². The second-order valence-corrected chi connectivity index (χ2v) is 14.6. The van der Waals surface area contributed by atoms with Crippen molar-refractivity contribution in [3.05, 3.63) is 168 Å². The molecule has 0 saturated heterocycles. The zero-order chi connectivity index (χ0) is 36.9. The van der Waals surface area contributed by atoms with Gasteiger partial charge in [-0.15, -0.1) is 0 Å². The summed E-state index contributed by atoms with van der Waals surface area (Å²) in [5.41, 5.74) is 14.3. The molecule has 0 aliphatic rings. The van der Waals surface area contributed by atoms with Crippen molar-refractivity contribution in [1.82, 2.24) is 9.55 Å². The minimum absolute atomic E-state index is 0.611. The maximum absolute atomic E-state index is 9.47. The number of benzene rings is 7. The molecule has 5 aromatic heterocycles. The summed E-state index contributed by atoms with van der Waals surface area (Å²) in [6.45, 7) is 0. The second kappa shape index (κ2) is 11.7. The lowest BCUT2D eigenvalue weighted by Gasteiger charge is -2.09. The van der Waals surface area contributed by atoms with E-state index >= 15 is 0 Å². The van der Waals surface area contributed by atoms with Crippen molar-refractivity contribution in [2.24, 2.45) is 0 Å². The number of nitrogens with zero attached hydrogens (tertiary/aromatic N) is 3. The van der Waals surface area contributed by atoms with E-state index in [9.17, 15) is 5.26 Å². The Hall–Kier alpha value is -7.62. The minimum atomic E-state index is 0.611. The predicted octanol–water partition coefficient (Wildman–Crippen LogP) is 13.2. The number of aromatic nitrogens is 2. The third-order valence-electron chi connectivity index (χ3n) is 11.4. The molecular formula is C50H29N3O3. The Kier molecular flexibility index (Phi) is 6.43. The zero-order valence-electron chi connectivity index (χ0n) is 29.9. The monoisotopic (exact) mass is 719 g/mol. The fourth-order valence-electron chi connectivity index (χ4n) is 8.73. The van der Waals surface area contributed by atoms with Gasteiger partial charge in [-0.05, 0) is 114 Å². The summed E-state index contributed by atoms with van der Waals surface area (Å²) in [4.78, 5) is 4.81. The standard InChI is InChI=1S/C50H29N3O3/c51-28-30-14-19-45-38(25-30)39-26-32(16-20-46(39)54-45)33-17-21-47-40(27-33)48-49(55-47)31(22-23-52-48)15-12-29-13-18-42-37(24-29)34-6-1-3-9-41(34)53(42)43-10-5-8-36-35-7-2-4-11-44(35)56-50(36)43/h1-11,13-14,16-27H,12,15H2. The van der Waals surface area contributed by atoms with E-state index in [0.717, 1.165) is 112 Å². The van der Waals surface area contributed by atoms with Crippen LogP contribution in [0.4, 0.5) is 0 Å². The van der Waals surface area contributed by atoms with Gasteiger partial charge in [-0.25, -0.2) is 0 Å². The molecule has 56 heavy (non-hydrogen) atoms. The Morgan fingerprint density at radius 1 is 0.500 bits per heavy atom. The van der Waals surface area contributed by atoms with Gasteiger partial charge in [0.05, 0.1) is 28.4 Å². The number of rotatable bonds is 5. The molecule has 0 spiro atoms. The number of nitriles is 1.